The lowest BCUT2D eigenvalue weighted by Crippen LogP contribution is -2.24. The lowest BCUT2D eigenvalue weighted by Gasteiger charge is -2.04. The van der Waals surface area contributed by atoms with E-state index in [1.165, 1.54) is 17.6 Å². The molecule has 1 amide bonds. The molecule has 0 radical (unpaired) electrons. The van der Waals surface area contributed by atoms with E-state index in [1.54, 1.807) is 36.7 Å². The van der Waals surface area contributed by atoms with E-state index in [1.807, 2.05) is 17.5 Å². The molecule has 2 aromatic heterocycles. The van der Waals surface area contributed by atoms with Gasteiger partial charge in [0.1, 0.15) is 0 Å². The second kappa shape index (κ2) is 8.28. The number of pyridine rings is 1. The fraction of sp³-hybridized carbons (Fsp3) is 0.167. The van der Waals surface area contributed by atoms with Gasteiger partial charge in [0, 0.05) is 36.3 Å². The third-order valence-electron chi connectivity index (χ3n) is 3.67. The molecule has 9 heteroatoms. The molecule has 140 valence electrons. The van der Waals surface area contributed by atoms with Crippen LogP contribution < -0.4 is 10.6 Å². The van der Waals surface area contributed by atoms with Gasteiger partial charge in [-0.2, -0.15) is 0 Å². The van der Waals surface area contributed by atoms with Crippen molar-refractivity contribution in [2.75, 3.05) is 11.6 Å². The Morgan fingerprint density at radius 3 is 2.48 bits per heavy atom. The predicted octanol–water partition coefficient (Wildman–Crippen LogP) is 2.54. The molecule has 0 aliphatic rings. The molecule has 0 atom stereocenters. The average Bonchev–Trinajstić information content (AvgIpc) is 3.07. The van der Waals surface area contributed by atoms with Gasteiger partial charge in [-0.25, -0.2) is 13.4 Å². The Morgan fingerprint density at radius 2 is 1.81 bits per heavy atom. The molecule has 0 aliphatic heterocycles. The Bertz CT molecular complexity index is 1020. The molecule has 0 saturated heterocycles. The number of carbonyl (C=O) groups excluding carboxylic acids is 1. The minimum atomic E-state index is -3.22. The molecule has 0 fully saturated rings. The summed E-state index contributed by atoms with van der Waals surface area (Å²) in [5.41, 5.74) is 2.38. The number of nitrogens with zero attached hydrogens (tertiary/aromatic N) is 2. The van der Waals surface area contributed by atoms with E-state index < -0.39 is 9.84 Å². The number of hydrogen-bond acceptors (Lipinski definition) is 7. The van der Waals surface area contributed by atoms with Crippen LogP contribution in [-0.2, 0) is 27.6 Å². The number of hydrogen-bond donors (Lipinski definition) is 2. The van der Waals surface area contributed by atoms with Gasteiger partial charge >= 0.3 is 0 Å². The van der Waals surface area contributed by atoms with Crippen LogP contribution >= 0.6 is 11.3 Å². The number of benzene rings is 1. The standard InChI is InChI=1S/C18H18N4O3S2/c1-27(24,25)16-4-2-14(3-5-16)21-18-22-15(12-26-18)10-17(23)20-11-13-6-8-19-9-7-13/h2-9,12H,10-11H2,1H3,(H,20,23)(H,21,22). The number of carbonyl (C=O) groups is 1. The summed E-state index contributed by atoms with van der Waals surface area (Å²) in [7, 11) is -3.22. The van der Waals surface area contributed by atoms with Crippen LogP contribution in [0.1, 0.15) is 11.3 Å². The van der Waals surface area contributed by atoms with Crippen LogP contribution in [0, 0.1) is 0 Å². The van der Waals surface area contributed by atoms with Gasteiger partial charge in [-0.1, -0.05) is 0 Å². The van der Waals surface area contributed by atoms with Crippen molar-refractivity contribution >= 4 is 37.9 Å². The van der Waals surface area contributed by atoms with E-state index in [0.29, 0.717) is 17.4 Å². The lowest BCUT2D eigenvalue weighted by atomic mass is 10.2. The molecule has 2 N–H and O–H groups in total. The first-order chi connectivity index (χ1) is 12.9. The molecule has 0 unspecified atom stereocenters. The molecule has 0 spiro atoms. The third kappa shape index (κ3) is 5.60. The molecular weight excluding hydrogens is 384 g/mol. The molecule has 0 bridgehead atoms. The first-order valence-electron chi connectivity index (χ1n) is 8.07. The Morgan fingerprint density at radius 1 is 1.11 bits per heavy atom. The van der Waals surface area contributed by atoms with Crippen LogP contribution in [0.4, 0.5) is 10.8 Å². The zero-order chi connectivity index (χ0) is 19.3. The summed E-state index contributed by atoms with van der Waals surface area (Å²) in [6.07, 6.45) is 4.73. The summed E-state index contributed by atoms with van der Waals surface area (Å²) in [6.45, 7) is 0.448. The maximum absolute atomic E-state index is 12.0. The van der Waals surface area contributed by atoms with Gasteiger partial charge in [-0.15, -0.1) is 11.3 Å². The quantitative estimate of drug-likeness (QED) is 0.630. The minimum absolute atomic E-state index is 0.110. The van der Waals surface area contributed by atoms with Gasteiger partial charge in [0.15, 0.2) is 15.0 Å². The largest absolute Gasteiger partial charge is 0.352 e. The van der Waals surface area contributed by atoms with E-state index in [9.17, 15) is 13.2 Å². The van der Waals surface area contributed by atoms with Gasteiger partial charge in [-0.3, -0.25) is 9.78 Å². The monoisotopic (exact) mass is 402 g/mol. The van der Waals surface area contributed by atoms with Gasteiger partial charge in [0.25, 0.3) is 0 Å². The Balaban J connectivity index is 1.54. The van der Waals surface area contributed by atoms with Crippen LogP contribution in [0.15, 0.2) is 59.1 Å². The lowest BCUT2D eigenvalue weighted by molar-refractivity contribution is -0.120. The smallest absolute Gasteiger partial charge is 0.226 e. The van der Waals surface area contributed by atoms with E-state index in [4.69, 9.17) is 0 Å². The summed E-state index contributed by atoms with van der Waals surface area (Å²) in [6, 6.07) is 10.1. The highest BCUT2D eigenvalue weighted by molar-refractivity contribution is 7.90. The van der Waals surface area contributed by atoms with Gasteiger partial charge in [0.2, 0.25) is 5.91 Å². The number of sulfone groups is 1. The van der Waals surface area contributed by atoms with Crippen molar-refractivity contribution in [1.82, 2.24) is 15.3 Å². The van der Waals surface area contributed by atoms with Crippen LogP contribution in [0.3, 0.4) is 0 Å². The minimum Gasteiger partial charge on any atom is -0.352 e. The molecule has 0 saturated carbocycles. The van der Waals surface area contributed by atoms with Crippen LogP contribution in [-0.4, -0.2) is 30.5 Å². The highest BCUT2D eigenvalue weighted by atomic mass is 32.2. The number of amides is 1. The highest BCUT2D eigenvalue weighted by Gasteiger charge is 2.09. The van der Waals surface area contributed by atoms with Gasteiger partial charge < -0.3 is 10.6 Å². The maximum atomic E-state index is 12.0. The third-order valence-corrected chi connectivity index (χ3v) is 5.60. The number of anilines is 2. The molecular formula is C18H18N4O3S2. The Labute approximate surface area is 161 Å². The summed E-state index contributed by atoms with van der Waals surface area (Å²) in [5.74, 6) is -0.110. The SMILES string of the molecule is CS(=O)(=O)c1ccc(Nc2nc(CC(=O)NCc3ccncc3)cs2)cc1. The maximum Gasteiger partial charge on any atom is 0.226 e. The van der Waals surface area contributed by atoms with Crippen LogP contribution in [0.25, 0.3) is 0 Å². The van der Waals surface area contributed by atoms with Crippen molar-refractivity contribution < 1.29 is 13.2 Å². The Hall–Kier alpha value is -2.78. The highest BCUT2D eigenvalue weighted by Crippen LogP contribution is 2.22. The molecule has 1 aromatic carbocycles. The van der Waals surface area contributed by atoms with Crippen molar-refractivity contribution in [3.8, 4) is 0 Å². The fourth-order valence-electron chi connectivity index (χ4n) is 2.28. The number of rotatable bonds is 7. The summed E-state index contributed by atoms with van der Waals surface area (Å²) in [5, 5.41) is 8.41. The van der Waals surface area contributed by atoms with Crippen molar-refractivity contribution in [2.24, 2.45) is 0 Å². The molecule has 3 rings (SSSR count). The zero-order valence-corrected chi connectivity index (χ0v) is 16.2. The first kappa shape index (κ1) is 19.0. The number of thiazole rings is 1. The molecule has 0 aliphatic carbocycles. The van der Waals surface area contributed by atoms with Crippen molar-refractivity contribution in [1.29, 1.82) is 0 Å². The topological polar surface area (TPSA) is 101 Å². The zero-order valence-electron chi connectivity index (χ0n) is 14.5. The van der Waals surface area contributed by atoms with Crippen molar-refractivity contribution in [2.45, 2.75) is 17.9 Å². The molecule has 3 aromatic rings. The van der Waals surface area contributed by atoms with Crippen molar-refractivity contribution in [3.63, 3.8) is 0 Å². The predicted molar refractivity (Wildman–Crippen MR) is 105 cm³/mol. The first-order valence-corrected chi connectivity index (χ1v) is 10.8. The second-order valence-electron chi connectivity index (χ2n) is 5.87. The summed E-state index contributed by atoms with van der Waals surface area (Å²) < 4.78 is 23.0. The van der Waals surface area contributed by atoms with E-state index in [-0.39, 0.29) is 17.2 Å². The van der Waals surface area contributed by atoms with Gasteiger partial charge in [0.05, 0.1) is 17.0 Å². The summed E-state index contributed by atoms with van der Waals surface area (Å²) in [4.78, 5) is 20.6. The van der Waals surface area contributed by atoms with Crippen LogP contribution in [0.2, 0.25) is 0 Å². The number of nitrogens with one attached hydrogen (secondary N) is 2. The molecule has 27 heavy (non-hydrogen) atoms. The Kier molecular flexibility index (Phi) is 5.82. The fourth-order valence-corrected chi connectivity index (χ4v) is 3.64. The van der Waals surface area contributed by atoms with E-state index in [2.05, 4.69) is 20.6 Å². The van der Waals surface area contributed by atoms with Gasteiger partial charge in [-0.05, 0) is 42.0 Å². The van der Waals surface area contributed by atoms with E-state index >= 15 is 0 Å². The normalized spacial score (nSPS) is 11.1. The average molecular weight is 403 g/mol. The molecule has 2 heterocycles. The van der Waals surface area contributed by atoms with Crippen LogP contribution in [0.5, 0.6) is 0 Å². The number of aromatic nitrogens is 2. The molecule has 7 nitrogen and oxygen atoms in total. The summed E-state index contributed by atoms with van der Waals surface area (Å²) >= 11 is 1.38. The van der Waals surface area contributed by atoms with Crippen molar-refractivity contribution in [3.05, 3.63) is 65.4 Å². The van der Waals surface area contributed by atoms with E-state index in [0.717, 1.165) is 11.3 Å². The second-order valence-corrected chi connectivity index (χ2v) is 8.75.